The van der Waals surface area contributed by atoms with Crippen molar-refractivity contribution < 1.29 is 14.0 Å². The third-order valence-corrected chi connectivity index (χ3v) is 2.05. The first-order valence-electron chi connectivity index (χ1n) is 3.46. The zero-order valence-corrected chi connectivity index (χ0v) is 8.60. The van der Waals surface area contributed by atoms with Gasteiger partial charge in [-0.25, -0.2) is 4.39 Å². The van der Waals surface area contributed by atoms with Crippen LogP contribution >= 0.6 is 15.9 Å². The van der Waals surface area contributed by atoms with Gasteiger partial charge >= 0.3 is 6.15 Å². The highest BCUT2D eigenvalue weighted by atomic mass is 79.9. The van der Waals surface area contributed by atoms with E-state index in [1.165, 1.54) is 6.07 Å². The molecule has 0 N–H and O–H groups in total. The van der Waals surface area contributed by atoms with Crippen molar-refractivity contribution in [3.05, 3.63) is 35.1 Å². The third kappa shape index (κ3) is 3.97. The fourth-order valence-corrected chi connectivity index (χ4v) is 1.55. The maximum absolute atomic E-state index is 12.8. The Hall–Kier alpha value is -0.990. The van der Waals surface area contributed by atoms with Gasteiger partial charge in [-0.3, -0.25) is 0 Å². The van der Waals surface area contributed by atoms with Crippen molar-refractivity contribution in [1.29, 1.82) is 0 Å². The zero-order chi connectivity index (χ0) is 10.3. The summed E-state index contributed by atoms with van der Waals surface area (Å²) in [6, 6.07) is 5.10. The van der Waals surface area contributed by atoms with Gasteiger partial charge in [-0.15, -0.1) is 0 Å². The summed E-state index contributed by atoms with van der Waals surface area (Å²) in [5, 5.41) is 0.589. The van der Waals surface area contributed by atoms with E-state index in [4.69, 9.17) is 9.59 Å². The molecule has 0 fully saturated rings. The number of rotatable bonds is 1. The van der Waals surface area contributed by atoms with Crippen molar-refractivity contribution in [3.8, 4) is 0 Å². The SMILES string of the molecule is Cc1cccc(F)c1CBr.O=C=O. The molecular weight excluding hydrogens is 239 g/mol. The van der Waals surface area contributed by atoms with Gasteiger partial charge in [0.05, 0.1) is 0 Å². The Labute approximate surface area is 83.9 Å². The van der Waals surface area contributed by atoms with E-state index in [9.17, 15) is 4.39 Å². The summed E-state index contributed by atoms with van der Waals surface area (Å²) < 4.78 is 12.8. The Morgan fingerprint density at radius 1 is 1.46 bits per heavy atom. The zero-order valence-electron chi connectivity index (χ0n) is 7.01. The highest BCUT2D eigenvalue weighted by Crippen LogP contribution is 2.15. The Bertz CT molecular complexity index is 286. The number of aryl methyl sites for hydroxylation is 1. The van der Waals surface area contributed by atoms with Crippen LogP contribution in [0.2, 0.25) is 0 Å². The molecule has 0 amide bonds. The summed E-state index contributed by atoms with van der Waals surface area (Å²) >= 11 is 3.22. The summed E-state index contributed by atoms with van der Waals surface area (Å²) in [7, 11) is 0. The Morgan fingerprint density at radius 3 is 2.31 bits per heavy atom. The molecule has 1 aromatic carbocycles. The molecular formula is C9H8BrFO2. The van der Waals surface area contributed by atoms with E-state index in [-0.39, 0.29) is 12.0 Å². The van der Waals surface area contributed by atoms with Gasteiger partial charge in [0, 0.05) is 10.9 Å². The Balaban J connectivity index is 0.000000424. The van der Waals surface area contributed by atoms with Crippen molar-refractivity contribution in [2.75, 3.05) is 0 Å². The minimum absolute atomic E-state index is 0.128. The van der Waals surface area contributed by atoms with E-state index < -0.39 is 0 Å². The molecule has 0 aliphatic rings. The van der Waals surface area contributed by atoms with Crippen LogP contribution in [0.4, 0.5) is 4.39 Å². The van der Waals surface area contributed by atoms with Crippen LogP contribution < -0.4 is 0 Å². The summed E-state index contributed by atoms with van der Waals surface area (Å²) in [6.07, 6.45) is 0.250. The van der Waals surface area contributed by atoms with E-state index in [1.54, 1.807) is 6.07 Å². The number of hydrogen-bond acceptors (Lipinski definition) is 2. The first-order valence-corrected chi connectivity index (χ1v) is 4.58. The van der Waals surface area contributed by atoms with Gasteiger partial charge in [0.25, 0.3) is 0 Å². The van der Waals surface area contributed by atoms with Gasteiger partial charge in [-0.05, 0) is 18.6 Å². The summed E-state index contributed by atoms with van der Waals surface area (Å²) in [6.45, 7) is 1.90. The monoisotopic (exact) mass is 246 g/mol. The molecule has 0 heterocycles. The minimum atomic E-state index is -0.128. The first kappa shape index (κ1) is 12.0. The Kier molecular flexibility index (Phi) is 6.02. The second kappa shape index (κ2) is 6.52. The topological polar surface area (TPSA) is 34.1 Å². The fraction of sp³-hybridized carbons (Fsp3) is 0.222. The third-order valence-electron chi connectivity index (χ3n) is 1.49. The lowest BCUT2D eigenvalue weighted by Crippen LogP contribution is -1.88. The molecule has 0 unspecified atom stereocenters. The maximum Gasteiger partial charge on any atom is 0.373 e. The normalized spacial score (nSPS) is 8.23. The van der Waals surface area contributed by atoms with Crippen molar-refractivity contribution in [1.82, 2.24) is 0 Å². The van der Waals surface area contributed by atoms with Gasteiger partial charge < -0.3 is 0 Å². The predicted molar refractivity (Wildman–Crippen MR) is 48.8 cm³/mol. The van der Waals surface area contributed by atoms with Crippen molar-refractivity contribution >= 4 is 22.1 Å². The summed E-state index contributed by atoms with van der Waals surface area (Å²) in [5.41, 5.74) is 1.75. The molecule has 0 bridgehead atoms. The van der Waals surface area contributed by atoms with Gasteiger partial charge in [-0.2, -0.15) is 9.59 Å². The van der Waals surface area contributed by atoms with E-state index in [0.717, 1.165) is 11.1 Å². The standard InChI is InChI=1S/C8H8BrF.CO2/c1-6-3-2-4-8(10)7(6)5-9;2-1-3/h2-4H,5H2,1H3;. The van der Waals surface area contributed by atoms with Crippen LogP contribution in [0.25, 0.3) is 0 Å². The van der Waals surface area contributed by atoms with Crippen LogP contribution in [0, 0.1) is 12.7 Å². The highest BCUT2D eigenvalue weighted by Gasteiger charge is 2.01. The van der Waals surface area contributed by atoms with E-state index in [1.807, 2.05) is 13.0 Å². The van der Waals surface area contributed by atoms with Crippen molar-refractivity contribution in [3.63, 3.8) is 0 Å². The van der Waals surface area contributed by atoms with E-state index in [2.05, 4.69) is 15.9 Å². The average molecular weight is 247 g/mol. The lowest BCUT2D eigenvalue weighted by atomic mass is 10.1. The van der Waals surface area contributed by atoms with Crippen LogP contribution in [-0.4, -0.2) is 6.15 Å². The molecule has 0 spiro atoms. The molecule has 0 saturated carbocycles. The quantitative estimate of drug-likeness (QED) is 0.714. The Morgan fingerprint density at radius 2 is 2.00 bits per heavy atom. The second-order valence-electron chi connectivity index (χ2n) is 2.25. The van der Waals surface area contributed by atoms with Crippen molar-refractivity contribution in [2.24, 2.45) is 0 Å². The smallest absolute Gasteiger partial charge is 0.207 e. The molecule has 1 aromatic rings. The largest absolute Gasteiger partial charge is 0.373 e. The number of carbonyl (C=O) groups excluding carboxylic acids is 2. The summed E-state index contributed by atoms with van der Waals surface area (Å²) in [4.78, 5) is 16.2. The second-order valence-corrected chi connectivity index (χ2v) is 2.81. The molecule has 0 aliphatic heterocycles. The molecule has 0 atom stereocenters. The molecule has 4 heteroatoms. The van der Waals surface area contributed by atoms with Crippen LogP contribution in [0.15, 0.2) is 18.2 Å². The number of alkyl halides is 1. The van der Waals surface area contributed by atoms with Gasteiger partial charge in [0.2, 0.25) is 0 Å². The number of hydrogen-bond donors (Lipinski definition) is 0. The summed E-state index contributed by atoms with van der Waals surface area (Å²) in [5.74, 6) is -0.128. The average Bonchev–Trinajstić information content (AvgIpc) is 2.06. The first-order chi connectivity index (χ1) is 6.17. The molecule has 0 aromatic heterocycles. The predicted octanol–water partition coefficient (Wildman–Crippen LogP) is 2.45. The number of halogens is 2. The van der Waals surface area contributed by atoms with Gasteiger partial charge in [0.1, 0.15) is 5.82 Å². The van der Waals surface area contributed by atoms with E-state index in [0.29, 0.717) is 5.33 Å². The maximum atomic E-state index is 12.8. The molecule has 0 radical (unpaired) electrons. The minimum Gasteiger partial charge on any atom is -0.207 e. The molecule has 1 rings (SSSR count). The van der Waals surface area contributed by atoms with Gasteiger partial charge in [-0.1, -0.05) is 28.1 Å². The van der Waals surface area contributed by atoms with Gasteiger partial charge in [0.15, 0.2) is 0 Å². The highest BCUT2D eigenvalue weighted by molar-refractivity contribution is 9.08. The molecule has 2 nitrogen and oxygen atoms in total. The lowest BCUT2D eigenvalue weighted by Gasteiger charge is -2.00. The molecule has 0 saturated heterocycles. The van der Waals surface area contributed by atoms with Crippen LogP contribution in [0.3, 0.4) is 0 Å². The van der Waals surface area contributed by atoms with Crippen molar-refractivity contribution in [2.45, 2.75) is 12.3 Å². The number of benzene rings is 1. The van der Waals surface area contributed by atoms with Crippen LogP contribution in [0.1, 0.15) is 11.1 Å². The molecule has 70 valence electrons. The van der Waals surface area contributed by atoms with Crippen LogP contribution in [-0.2, 0) is 14.9 Å². The van der Waals surface area contributed by atoms with E-state index >= 15 is 0 Å². The molecule has 13 heavy (non-hydrogen) atoms. The lowest BCUT2D eigenvalue weighted by molar-refractivity contribution is -0.191. The molecule has 0 aliphatic carbocycles. The fourth-order valence-electron chi connectivity index (χ4n) is 0.836. The van der Waals surface area contributed by atoms with Crippen LogP contribution in [0.5, 0.6) is 0 Å².